The van der Waals surface area contributed by atoms with Gasteiger partial charge in [-0.2, -0.15) is 13.2 Å². The van der Waals surface area contributed by atoms with Crippen LogP contribution in [0.4, 0.5) is 18.9 Å². The maximum Gasteiger partial charge on any atom is 0.432 e. The molecule has 152 valence electrons. The van der Waals surface area contributed by atoms with Crippen LogP contribution in [0.15, 0.2) is 6.07 Å². The van der Waals surface area contributed by atoms with Gasteiger partial charge in [0.05, 0.1) is 30.1 Å². The lowest BCUT2D eigenvalue weighted by Gasteiger charge is -2.40. The van der Waals surface area contributed by atoms with Gasteiger partial charge >= 0.3 is 18.1 Å². The molecule has 2 aliphatic rings. The number of alkyl halides is 3. The van der Waals surface area contributed by atoms with E-state index in [1.54, 1.807) is 12.0 Å². The summed E-state index contributed by atoms with van der Waals surface area (Å²) in [6, 6.07) is 1.39. The summed E-state index contributed by atoms with van der Waals surface area (Å²) in [4.78, 5) is 5.45. The Morgan fingerprint density at radius 2 is 1.89 bits per heavy atom. The molecule has 1 aromatic heterocycles. The molecule has 0 unspecified atom stereocenters. The average Bonchev–Trinajstić information content (AvgIpc) is 2.64. The summed E-state index contributed by atoms with van der Waals surface area (Å²) >= 11 is 0. The van der Waals surface area contributed by atoms with Crippen molar-refractivity contribution in [1.82, 2.24) is 0 Å². The van der Waals surface area contributed by atoms with Gasteiger partial charge in [-0.15, -0.1) is 0 Å². The minimum atomic E-state index is -4.52. The fourth-order valence-corrected chi connectivity index (χ4v) is 3.45. The van der Waals surface area contributed by atoms with Gasteiger partial charge in [0.15, 0.2) is 0 Å². The number of hydrogen-bond donors (Lipinski definition) is 0. The zero-order chi connectivity index (χ0) is 20.1. The van der Waals surface area contributed by atoms with Crippen molar-refractivity contribution in [3.63, 3.8) is 0 Å². The van der Waals surface area contributed by atoms with Crippen LogP contribution in [0, 0.1) is 18.0 Å². The highest BCUT2D eigenvalue weighted by Gasteiger charge is 2.40. The topological polar surface area (TPSA) is 45.0 Å². The van der Waals surface area contributed by atoms with Crippen LogP contribution in [-0.2, 0) is 20.4 Å². The third kappa shape index (κ3) is 5.08. The molecule has 0 aromatic carbocycles. The number of halogens is 3. The van der Waals surface area contributed by atoms with E-state index in [0.717, 1.165) is 12.8 Å². The summed E-state index contributed by atoms with van der Waals surface area (Å²) < 4.78 is 56.4. The van der Waals surface area contributed by atoms with E-state index in [2.05, 4.69) is 23.0 Å². The van der Waals surface area contributed by atoms with Crippen molar-refractivity contribution in [2.24, 2.45) is 0 Å². The first-order valence-corrected chi connectivity index (χ1v) is 9.31. The minimum Gasteiger partial charge on any atom is -0.381 e. The van der Waals surface area contributed by atoms with Crippen molar-refractivity contribution >= 4 is 5.69 Å². The molecule has 0 atom stereocenters. The lowest BCUT2D eigenvalue weighted by Crippen LogP contribution is -2.43. The largest absolute Gasteiger partial charge is 0.432 e. The molecule has 1 aromatic rings. The van der Waals surface area contributed by atoms with E-state index in [9.17, 15) is 13.2 Å². The van der Waals surface area contributed by atoms with Gasteiger partial charge in [-0.25, -0.2) is 0 Å². The molecule has 5 nitrogen and oxygen atoms in total. The van der Waals surface area contributed by atoms with Crippen LogP contribution in [-0.4, -0.2) is 52.2 Å². The van der Waals surface area contributed by atoms with Crippen molar-refractivity contribution in [2.75, 3.05) is 38.8 Å². The third-order valence-corrected chi connectivity index (χ3v) is 5.09. The Labute approximate surface area is 163 Å². The highest BCUT2D eigenvalue weighted by atomic mass is 19.4. The summed E-state index contributed by atoms with van der Waals surface area (Å²) in [5.74, 6) is 5.42. The Bertz CT molecular complexity index is 716. The highest BCUT2D eigenvalue weighted by Crippen LogP contribution is 2.36. The number of nitrogens with zero attached hydrogens (tertiary/aromatic N) is 2. The first kappa shape index (κ1) is 20.7. The van der Waals surface area contributed by atoms with Gasteiger partial charge < -0.3 is 19.1 Å². The maximum absolute atomic E-state index is 13.4. The zero-order valence-electron chi connectivity index (χ0n) is 16.0. The SMILES string of the molecule is COCC#Cc1cc(N2CCC(OC3CC(OC)C3)CC2)c(C(F)(F)F)c#[n+]1. The quantitative estimate of drug-likeness (QED) is 0.714. The fourth-order valence-electron chi connectivity index (χ4n) is 3.45. The van der Waals surface area contributed by atoms with Crippen molar-refractivity contribution in [1.29, 1.82) is 0 Å². The Morgan fingerprint density at radius 1 is 1.18 bits per heavy atom. The molecule has 0 bridgehead atoms. The molecule has 1 saturated heterocycles. The van der Waals surface area contributed by atoms with Crippen molar-refractivity contribution < 1.29 is 32.4 Å². The van der Waals surface area contributed by atoms with Gasteiger partial charge in [0.1, 0.15) is 6.61 Å². The highest BCUT2D eigenvalue weighted by molar-refractivity contribution is 5.55. The van der Waals surface area contributed by atoms with E-state index in [-0.39, 0.29) is 36.3 Å². The molecule has 2 fully saturated rings. The predicted molar refractivity (Wildman–Crippen MR) is 94.8 cm³/mol. The van der Waals surface area contributed by atoms with E-state index in [4.69, 9.17) is 14.2 Å². The van der Waals surface area contributed by atoms with Gasteiger partial charge in [-0.05, 0) is 30.7 Å². The molecule has 1 saturated carbocycles. The zero-order valence-corrected chi connectivity index (χ0v) is 16.0. The number of hydrogen-bond acceptors (Lipinski definition) is 4. The molecule has 3 rings (SSSR count). The summed E-state index contributed by atoms with van der Waals surface area (Å²) in [6.07, 6.45) is 1.29. The van der Waals surface area contributed by atoms with Crippen LogP contribution in [0.1, 0.15) is 36.9 Å². The average molecular weight is 397 g/mol. The summed E-state index contributed by atoms with van der Waals surface area (Å²) in [5, 5.41) is 0. The van der Waals surface area contributed by atoms with Crippen molar-refractivity contribution in [2.45, 2.75) is 50.2 Å². The van der Waals surface area contributed by atoms with Crippen LogP contribution in [0.25, 0.3) is 0 Å². The maximum atomic E-state index is 13.4. The molecular formula is C20H24F3N2O3+. The fraction of sp³-hybridized carbons (Fsp3) is 0.650. The smallest absolute Gasteiger partial charge is 0.381 e. The number of aromatic nitrogens is 1. The molecule has 8 heteroatoms. The summed E-state index contributed by atoms with van der Waals surface area (Å²) in [5.41, 5.74) is -0.532. The summed E-state index contributed by atoms with van der Waals surface area (Å²) in [7, 11) is 3.19. The van der Waals surface area contributed by atoms with Gasteiger partial charge in [-0.1, -0.05) is 5.92 Å². The lowest BCUT2D eigenvalue weighted by atomic mass is 9.91. The van der Waals surface area contributed by atoms with Crippen molar-refractivity contribution in [3.05, 3.63) is 23.5 Å². The van der Waals surface area contributed by atoms with E-state index >= 15 is 0 Å². The Kier molecular flexibility index (Phi) is 6.66. The molecule has 1 aliphatic heterocycles. The number of ether oxygens (including phenoxy) is 3. The molecule has 0 N–H and O–H groups in total. The molecule has 0 spiro atoms. The second-order valence-electron chi connectivity index (χ2n) is 7.02. The van der Waals surface area contributed by atoms with Crippen LogP contribution in [0.5, 0.6) is 0 Å². The van der Waals surface area contributed by atoms with Crippen LogP contribution < -0.4 is 9.88 Å². The summed E-state index contributed by atoms with van der Waals surface area (Å²) in [6.45, 7) is 1.15. The number of anilines is 1. The van der Waals surface area contributed by atoms with Crippen LogP contribution >= 0.6 is 0 Å². The van der Waals surface area contributed by atoms with E-state index in [1.807, 2.05) is 0 Å². The molecular weight excluding hydrogens is 373 g/mol. The van der Waals surface area contributed by atoms with Crippen molar-refractivity contribution in [3.8, 4) is 11.8 Å². The number of piperidine rings is 1. The predicted octanol–water partition coefficient (Wildman–Crippen LogP) is 2.27. The van der Waals surface area contributed by atoms with Crippen LogP contribution in [0.3, 0.4) is 0 Å². The second-order valence-corrected chi connectivity index (χ2v) is 7.02. The Morgan fingerprint density at radius 3 is 2.50 bits per heavy atom. The van der Waals surface area contributed by atoms with E-state index in [1.165, 1.54) is 13.2 Å². The number of rotatable bonds is 5. The third-order valence-electron chi connectivity index (χ3n) is 5.09. The van der Waals surface area contributed by atoms with Crippen LogP contribution in [0.2, 0.25) is 0 Å². The molecule has 1 aliphatic carbocycles. The Hall–Kier alpha value is -2.00. The van der Waals surface area contributed by atoms with E-state index < -0.39 is 11.7 Å². The monoisotopic (exact) mass is 397 g/mol. The first-order valence-electron chi connectivity index (χ1n) is 9.31. The lowest BCUT2D eigenvalue weighted by molar-refractivity contribution is -0.301. The standard InChI is InChI=1S/C20H24F3N2O3/c1-26-9-3-4-14-10-19(18(13-24-14)20(21,22)23)25-7-5-15(6-8-25)28-17-11-16(12-17)27-2/h10,15-17H,5-9,11-12H2,1-2H3/q+1. The molecule has 0 amide bonds. The molecule has 0 radical (unpaired) electrons. The van der Waals surface area contributed by atoms with Gasteiger partial charge in [0.25, 0.3) is 0 Å². The molecule has 28 heavy (non-hydrogen) atoms. The van der Waals surface area contributed by atoms with E-state index in [0.29, 0.717) is 25.9 Å². The van der Waals surface area contributed by atoms with Gasteiger partial charge in [-0.3, -0.25) is 0 Å². The van der Waals surface area contributed by atoms with Gasteiger partial charge in [0.2, 0.25) is 5.56 Å². The van der Waals surface area contributed by atoms with Gasteiger partial charge in [0, 0.05) is 33.2 Å². The minimum absolute atomic E-state index is 0.0696. The second kappa shape index (κ2) is 9.00. The Balaban J connectivity index is 1.66. The molecule has 2 heterocycles. The first-order chi connectivity index (χ1) is 13.4. The normalized spacial score (nSPS) is 22.8. The number of methoxy groups -OCH3 is 2.